The quantitative estimate of drug-likeness (QED) is 0.184. The zero-order valence-electron chi connectivity index (χ0n) is 27.1. The predicted octanol–water partition coefficient (Wildman–Crippen LogP) is 13.7. The monoisotopic (exact) mass is 651 g/mol. The van der Waals surface area contributed by atoms with Crippen molar-refractivity contribution in [2.24, 2.45) is 0 Å². The minimum atomic E-state index is 1.17. The number of nitrogens with zero attached hydrogens (tertiary/aromatic N) is 1. The van der Waals surface area contributed by atoms with Crippen LogP contribution in [0, 0.1) is 0 Å². The summed E-state index contributed by atoms with van der Waals surface area (Å²) in [4.78, 5) is 2.64. The lowest BCUT2D eigenvalue weighted by atomic mass is 9.87. The van der Waals surface area contributed by atoms with Gasteiger partial charge in [-0.25, -0.2) is 0 Å². The molecule has 1 aliphatic rings. The normalized spacial score (nSPS) is 12.3. The van der Waals surface area contributed by atoms with Gasteiger partial charge in [0.2, 0.25) is 0 Å². The van der Waals surface area contributed by atoms with E-state index in [0.717, 1.165) is 0 Å². The third-order valence-electron chi connectivity index (χ3n) is 10.6. The van der Waals surface area contributed by atoms with Gasteiger partial charge in [-0.05, 0) is 79.9 Å². The first kappa shape index (κ1) is 27.8. The molecule has 9 aromatic carbocycles. The van der Waals surface area contributed by atoms with Gasteiger partial charge in [-0.3, -0.25) is 0 Å². The maximum atomic E-state index is 2.51. The van der Waals surface area contributed by atoms with E-state index in [-0.39, 0.29) is 0 Å². The Bertz CT molecular complexity index is 3010. The highest BCUT2D eigenvalue weighted by molar-refractivity contribution is 7.99. The molecular formula is C48H29NS. The van der Waals surface area contributed by atoms with Gasteiger partial charge < -0.3 is 4.57 Å². The lowest BCUT2D eigenvalue weighted by Crippen LogP contribution is -1.96. The molecule has 1 aromatic heterocycles. The van der Waals surface area contributed by atoms with Gasteiger partial charge in [0.15, 0.2) is 0 Å². The van der Waals surface area contributed by atoms with Crippen LogP contribution in [0.3, 0.4) is 0 Å². The summed E-state index contributed by atoms with van der Waals surface area (Å²) in [7, 11) is 0. The summed E-state index contributed by atoms with van der Waals surface area (Å²) < 4.78 is 2.51. The smallest absolute Gasteiger partial charge is 0.0625 e. The van der Waals surface area contributed by atoms with Crippen molar-refractivity contribution in [3.8, 4) is 39.1 Å². The number of rotatable bonds is 3. The number of para-hydroxylation sites is 1. The number of benzene rings is 9. The fraction of sp³-hybridized carbons (Fsp3) is 0. The van der Waals surface area contributed by atoms with Gasteiger partial charge in [0.25, 0.3) is 0 Å². The van der Waals surface area contributed by atoms with Crippen molar-refractivity contribution in [2.45, 2.75) is 9.79 Å². The van der Waals surface area contributed by atoms with Crippen molar-refractivity contribution in [1.82, 2.24) is 4.57 Å². The molecule has 11 rings (SSSR count). The van der Waals surface area contributed by atoms with Gasteiger partial charge in [-0.2, -0.15) is 0 Å². The average Bonchev–Trinajstić information content (AvgIpc) is 3.54. The van der Waals surface area contributed by atoms with Crippen LogP contribution >= 0.6 is 11.8 Å². The molecule has 0 unspecified atom stereocenters. The molecule has 0 saturated heterocycles. The second-order valence-electron chi connectivity index (χ2n) is 13.2. The molecule has 0 amide bonds. The van der Waals surface area contributed by atoms with Crippen molar-refractivity contribution in [3.63, 3.8) is 0 Å². The van der Waals surface area contributed by atoms with Crippen LogP contribution in [0.25, 0.3) is 93.2 Å². The van der Waals surface area contributed by atoms with Crippen molar-refractivity contribution in [1.29, 1.82) is 0 Å². The number of hydrogen-bond acceptors (Lipinski definition) is 1. The van der Waals surface area contributed by atoms with Gasteiger partial charge in [0, 0.05) is 42.4 Å². The summed E-state index contributed by atoms with van der Waals surface area (Å²) in [6.45, 7) is 0. The first-order chi connectivity index (χ1) is 24.8. The molecule has 10 aromatic rings. The summed E-state index contributed by atoms with van der Waals surface area (Å²) in [5, 5.41) is 10.2. The maximum Gasteiger partial charge on any atom is 0.0625 e. The van der Waals surface area contributed by atoms with Crippen LogP contribution < -0.4 is 0 Å². The second kappa shape index (κ2) is 10.7. The zero-order chi connectivity index (χ0) is 32.8. The summed E-state index contributed by atoms with van der Waals surface area (Å²) >= 11 is 1.88. The third-order valence-corrected chi connectivity index (χ3v) is 11.7. The summed E-state index contributed by atoms with van der Waals surface area (Å²) in [6, 6.07) is 65.0. The van der Waals surface area contributed by atoms with E-state index in [4.69, 9.17) is 0 Å². The second-order valence-corrected chi connectivity index (χ2v) is 14.3. The van der Waals surface area contributed by atoms with Crippen molar-refractivity contribution < 1.29 is 0 Å². The number of fused-ring (bicyclic) bond motifs is 9. The van der Waals surface area contributed by atoms with Gasteiger partial charge in [-0.15, -0.1) is 0 Å². The Morgan fingerprint density at radius 2 is 0.960 bits per heavy atom. The topological polar surface area (TPSA) is 4.93 Å². The molecule has 1 aliphatic heterocycles. The Hall–Kier alpha value is -6.09. The fourth-order valence-electron chi connectivity index (χ4n) is 8.46. The van der Waals surface area contributed by atoms with Crippen molar-refractivity contribution >= 4 is 65.9 Å². The Balaban J connectivity index is 1.28. The van der Waals surface area contributed by atoms with Crippen molar-refractivity contribution in [2.75, 3.05) is 0 Å². The lowest BCUT2D eigenvalue weighted by Gasteiger charge is -2.22. The molecule has 0 fully saturated rings. The van der Waals surface area contributed by atoms with E-state index in [9.17, 15) is 0 Å². The minimum absolute atomic E-state index is 1.17. The summed E-state index contributed by atoms with van der Waals surface area (Å²) in [5.74, 6) is 0. The molecule has 50 heavy (non-hydrogen) atoms. The third kappa shape index (κ3) is 3.91. The Kier molecular flexibility index (Phi) is 5.96. The van der Waals surface area contributed by atoms with Crippen LogP contribution in [0.5, 0.6) is 0 Å². The molecule has 0 atom stereocenters. The first-order valence-electron chi connectivity index (χ1n) is 17.2. The molecule has 2 heteroatoms. The Morgan fingerprint density at radius 3 is 1.80 bits per heavy atom. The van der Waals surface area contributed by atoms with E-state index in [0.29, 0.717) is 0 Å². The average molecular weight is 652 g/mol. The van der Waals surface area contributed by atoms with Gasteiger partial charge >= 0.3 is 0 Å². The van der Waals surface area contributed by atoms with E-state index in [2.05, 4.69) is 180 Å². The molecule has 0 radical (unpaired) electrons. The summed E-state index contributed by atoms with van der Waals surface area (Å²) in [5.41, 5.74) is 11.3. The molecule has 0 saturated carbocycles. The van der Waals surface area contributed by atoms with Crippen LogP contribution in [0.1, 0.15) is 0 Å². The largest absolute Gasteiger partial charge is 0.308 e. The molecule has 0 N–H and O–H groups in total. The molecule has 0 bridgehead atoms. The Labute approximate surface area is 294 Å². The highest BCUT2D eigenvalue weighted by Crippen LogP contribution is 2.51. The van der Waals surface area contributed by atoms with Crippen LogP contribution in [0.15, 0.2) is 186 Å². The van der Waals surface area contributed by atoms with Crippen LogP contribution in [0.4, 0.5) is 0 Å². The zero-order valence-corrected chi connectivity index (χ0v) is 27.9. The van der Waals surface area contributed by atoms with Crippen molar-refractivity contribution in [3.05, 3.63) is 176 Å². The maximum absolute atomic E-state index is 2.51. The molecule has 2 heterocycles. The van der Waals surface area contributed by atoms with E-state index in [1.54, 1.807) is 0 Å². The van der Waals surface area contributed by atoms with E-state index >= 15 is 0 Å². The van der Waals surface area contributed by atoms with Gasteiger partial charge in [-0.1, -0.05) is 157 Å². The lowest BCUT2D eigenvalue weighted by molar-refractivity contribution is 1.19. The van der Waals surface area contributed by atoms with Crippen LogP contribution in [0.2, 0.25) is 0 Å². The van der Waals surface area contributed by atoms with Gasteiger partial charge in [0.1, 0.15) is 0 Å². The summed E-state index contributed by atoms with van der Waals surface area (Å²) in [6.07, 6.45) is 0. The number of hydrogen-bond donors (Lipinski definition) is 0. The molecule has 0 aliphatic carbocycles. The van der Waals surface area contributed by atoms with Crippen LogP contribution in [-0.2, 0) is 0 Å². The number of aromatic nitrogens is 1. The van der Waals surface area contributed by atoms with E-state index < -0.39 is 0 Å². The molecule has 1 nitrogen and oxygen atoms in total. The minimum Gasteiger partial charge on any atom is -0.308 e. The van der Waals surface area contributed by atoms with E-state index in [1.165, 1.54) is 103 Å². The highest BCUT2D eigenvalue weighted by Gasteiger charge is 2.24. The van der Waals surface area contributed by atoms with E-state index in [1.807, 2.05) is 11.8 Å². The van der Waals surface area contributed by atoms with Gasteiger partial charge in [0.05, 0.1) is 11.0 Å². The molecule has 232 valence electrons. The first-order valence-corrected chi connectivity index (χ1v) is 18.0. The fourth-order valence-corrected chi connectivity index (χ4v) is 9.59. The van der Waals surface area contributed by atoms with Crippen LogP contribution in [-0.4, -0.2) is 4.57 Å². The molecule has 0 spiro atoms. The molecular weight excluding hydrogens is 623 g/mol. The highest BCUT2D eigenvalue weighted by atomic mass is 32.2. The standard InChI is InChI=1S/C48H29NS/c1-2-15-32(16-3-1)49-47-33-17-6-4-13-30(33)25-26-41(47)46-42(29-31-14-5-7-18-34(31)48(46)49)36-20-9-8-19-35(36)37-27-28-44-45-39(37)22-12-23-40(45)38-21-10-11-24-43(38)50-44/h1-29H. The Morgan fingerprint density at radius 1 is 0.320 bits per heavy atom. The predicted molar refractivity (Wildman–Crippen MR) is 214 cm³/mol. The SMILES string of the molecule is c1ccc(-n2c3c4ccccc4ccc3c3c(-c4ccccc4-c4ccc5c6c(cccc46)-c4ccccc4S5)cc4ccccc4c32)cc1.